The number of fused-ring (bicyclic) bond motifs is 1. The number of aliphatic hydroxyl groups is 1. The first-order valence-corrected chi connectivity index (χ1v) is 10.3. The van der Waals surface area contributed by atoms with Gasteiger partial charge in [0.2, 0.25) is 5.13 Å². The van der Waals surface area contributed by atoms with E-state index >= 15 is 0 Å². The van der Waals surface area contributed by atoms with Gasteiger partial charge in [-0.05, 0) is 19.1 Å². The molecule has 1 amide bonds. The van der Waals surface area contributed by atoms with Gasteiger partial charge in [0.1, 0.15) is 0 Å². The van der Waals surface area contributed by atoms with Crippen LogP contribution in [0.3, 0.4) is 0 Å². The van der Waals surface area contributed by atoms with Gasteiger partial charge in [-0.25, -0.2) is 4.98 Å². The van der Waals surface area contributed by atoms with E-state index in [1.54, 1.807) is 29.2 Å². The first-order valence-electron chi connectivity index (χ1n) is 9.45. The summed E-state index contributed by atoms with van der Waals surface area (Å²) in [5.74, 6) is -0.823. The number of alkyl halides is 3. The second-order valence-electron chi connectivity index (χ2n) is 7.04. The number of para-hydroxylation sites is 1. The van der Waals surface area contributed by atoms with Crippen LogP contribution in [-0.2, 0) is 4.79 Å². The summed E-state index contributed by atoms with van der Waals surface area (Å²) >= 11 is 1.12. The number of carbonyl (C=O) groups excluding carboxylic acids is 1. The van der Waals surface area contributed by atoms with E-state index in [9.17, 15) is 18.0 Å². The smallest absolute Gasteiger partial charge is 0.395 e. The largest absolute Gasteiger partial charge is 0.436 e. The van der Waals surface area contributed by atoms with Crippen LogP contribution in [0, 0.1) is 0 Å². The van der Waals surface area contributed by atoms with Crippen LogP contribution in [-0.4, -0.2) is 77.0 Å². The second kappa shape index (κ2) is 7.97. The number of nitrogens with zero attached hydrogens (tertiary/aromatic N) is 5. The first-order chi connectivity index (χ1) is 14.3. The Kier molecular flexibility index (Phi) is 5.51. The maximum atomic E-state index is 13.8. The van der Waals surface area contributed by atoms with Crippen molar-refractivity contribution in [3.63, 3.8) is 0 Å². The fraction of sp³-hybridized carbons (Fsp3) is 0.421. The van der Waals surface area contributed by atoms with Crippen molar-refractivity contribution < 1.29 is 23.1 Å². The molecule has 30 heavy (non-hydrogen) atoms. The summed E-state index contributed by atoms with van der Waals surface area (Å²) in [6, 6.07) is 7.10. The standard InChI is InChI=1S/C19H20F3N5O2S/c1-12(26-8-6-25(7-9-26)10-11-28)15-16(19(20,21)22)24-27(17(15)29)18-23-13-4-2-3-5-14(13)30-18/h2-5,28H,6-11H2,1H3/b15-12-. The molecule has 3 heterocycles. The van der Waals surface area contributed by atoms with Crippen LogP contribution in [0.5, 0.6) is 0 Å². The lowest BCUT2D eigenvalue weighted by molar-refractivity contribution is -0.114. The Balaban J connectivity index is 1.68. The van der Waals surface area contributed by atoms with Crippen LogP contribution in [0.1, 0.15) is 6.92 Å². The van der Waals surface area contributed by atoms with E-state index in [1.165, 1.54) is 6.92 Å². The molecule has 4 rings (SSSR count). The average molecular weight is 439 g/mol. The van der Waals surface area contributed by atoms with Crippen molar-refractivity contribution in [2.45, 2.75) is 13.1 Å². The molecule has 0 spiro atoms. The summed E-state index contributed by atoms with van der Waals surface area (Å²) in [6.45, 7) is 4.20. The quantitative estimate of drug-likeness (QED) is 0.741. The van der Waals surface area contributed by atoms with Crippen molar-refractivity contribution in [1.82, 2.24) is 14.8 Å². The number of anilines is 1. The molecular formula is C19H20F3N5O2S. The maximum Gasteiger partial charge on any atom is 0.436 e. The first kappa shape index (κ1) is 20.8. The van der Waals surface area contributed by atoms with Gasteiger partial charge in [0.25, 0.3) is 5.91 Å². The van der Waals surface area contributed by atoms with Crippen molar-refractivity contribution in [1.29, 1.82) is 0 Å². The van der Waals surface area contributed by atoms with Crippen LogP contribution in [0.15, 0.2) is 40.6 Å². The topological polar surface area (TPSA) is 72.3 Å². The number of β-amino-alcohol motifs (C(OH)–C–C–N with tert-alkyl or cyclic N) is 1. The van der Waals surface area contributed by atoms with E-state index in [-0.39, 0.29) is 17.4 Å². The summed E-state index contributed by atoms with van der Waals surface area (Å²) in [4.78, 5) is 21.1. The minimum Gasteiger partial charge on any atom is -0.395 e. The molecule has 2 aliphatic heterocycles. The molecule has 0 radical (unpaired) electrons. The van der Waals surface area contributed by atoms with Crippen molar-refractivity contribution in [3.8, 4) is 0 Å². The molecule has 1 aromatic carbocycles. The maximum absolute atomic E-state index is 13.8. The van der Waals surface area contributed by atoms with Gasteiger partial charge in [-0.3, -0.25) is 9.69 Å². The number of hydrogen-bond acceptors (Lipinski definition) is 7. The van der Waals surface area contributed by atoms with E-state index in [2.05, 4.69) is 10.1 Å². The van der Waals surface area contributed by atoms with Gasteiger partial charge in [-0.2, -0.15) is 23.3 Å². The average Bonchev–Trinajstić information content (AvgIpc) is 3.29. The third kappa shape index (κ3) is 3.80. The van der Waals surface area contributed by atoms with Crippen molar-refractivity contribution in [3.05, 3.63) is 35.5 Å². The number of allylic oxidation sites excluding steroid dienone is 1. The number of aliphatic hydroxyl groups excluding tert-OH is 1. The molecule has 0 unspecified atom stereocenters. The number of piperazine rings is 1. The van der Waals surface area contributed by atoms with Crippen molar-refractivity contribution in [2.24, 2.45) is 5.10 Å². The van der Waals surface area contributed by atoms with Gasteiger partial charge in [0, 0.05) is 38.4 Å². The fourth-order valence-electron chi connectivity index (χ4n) is 3.61. The number of carbonyl (C=O) groups is 1. The van der Waals surface area contributed by atoms with Crippen molar-refractivity contribution >= 4 is 38.3 Å². The minimum absolute atomic E-state index is 0.0283. The molecular weight excluding hydrogens is 419 g/mol. The number of thiazole rings is 1. The summed E-state index contributed by atoms with van der Waals surface area (Å²) < 4.78 is 42.0. The van der Waals surface area contributed by atoms with E-state index in [4.69, 9.17) is 5.11 Å². The zero-order chi connectivity index (χ0) is 21.5. The van der Waals surface area contributed by atoms with E-state index in [0.29, 0.717) is 38.2 Å². The van der Waals surface area contributed by atoms with Crippen LogP contribution in [0.2, 0.25) is 0 Å². The van der Waals surface area contributed by atoms with Crippen LogP contribution in [0.25, 0.3) is 10.2 Å². The van der Waals surface area contributed by atoms with Crippen molar-refractivity contribution in [2.75, 3.05) is 44.3 Å². The number of hydrogen-bond donors (Lipinski definition) is 1. The van der Waals surface area contributed by atoms with Gasteiger partial charge < -0.3 is 10.0 Å². The molecule has 1 saturated heterocycles. The highest BCUT2D eigenvalue weighted by Crippen LogP contribution is 2.37. The van der Waals surface area contributed by atoms with Crippen LogP contribution in [0.4, 0.5) is 18.3 Å². The van der Waals surface area contributed by atoms with Crippen LogP contribution >= 0.6 is 11.3 Å². The monoisotopic (exact) mass is 439 g/mol. The molecule has 0 atom stereocenters. The SMILES string of the molecule is C/C(=C1/C(=O)N(c2nc3ccccc3s2)N=C1C(F)(F)F)N1CCN(CCO)CC1. The Hall–Kier alpha value is -2.50. The normalized spacial score (nSPS) is 20.3. The van der Waals surface area contributed by atoms with Gasteiger partial charge in [0.05, 0.1) is 22.4 Å². The predicted molar refractivity (Wildman–Crippen MR) is 108 cm³/mol. The van der Waals surface area contributed by atoms with Crippen LogP contribution < -0.4 is 5.01 Å². The Morgan fingerprint density at radius 2 is 1.90 bits per heavy atom. The zero-order valence-corrected chi connectivity index (χ0v) is 17.0. The Bertz CT molecular complexity index is 992. The number of amides is 1. The molecule has 7 nitrogen and oxygen atoms in total. The molecule has 1 N–H and O–H groups in total. The van der Waals surface area contributed by atoms with Gasteiger partial charge in [-0.15, -0.1) is 0 Å². The lowest BCUT2D eigenvalue weighted by Gasteiger charge is -2.36. The third-order valence-corrected chi connectivity index (χ3v) is 6.21. The Labute approximate surface area is 174 Å². The number of halogens is 3. The third-order valence-electron chi connectivity index (χ3n) is 5.20. The summed E-state index contributed by atoms with van der Waals surface area (Å²) in [5.41, 5.74) is -0.772. The van der Waals surface area contributed by atoms with Gasteiger partial charge in [-0.1, -0.05) is 23.5 Å². The second-order valence-corrected chi connectivity index (χ2v) is 8.05. The number of rotatable bonds is 4. The highest BCUT2D eigenvalue weighted by atomic mass is 32.1. The molecule has 1 aromatic heterocycles. The lowest BCUT2D eigenvalue weighted by atomic mass is 10.1. The highest BCUT2D eigenvalue weighted by molar-refractivity contribution is 7.22. The highest BCUT2D eigenvalue weighted by Gasteiger charge is 2.49. The molecule has 0 bridgehead atoms. The lowest BCUT2D eigenvalue weighted by Crippen LogP contribution is -2.47. The predicted octanol–water partition coefficient (Wildman–Crippen LogP) is 2.45. The minimum atomic E-state index is -4.77. The van der Waals surface area contributed by atoms with Gasteiger partial charge >= 0.3 is 6.18 Å². The molecule has 11 heteroatoms. The molecule has 160 valence electrons. The van der Waals surface area contributed by atoms with E-state index < -0.39 is 23.4 Å². The molecule has 1 fully saturated rings. The molecule has 0 aliphatic carbocycles. The summed E-state index contributed by atoms with van der Waals surface area (Å²) in [6.07, 6.45) is -4.77. The number of hydrazone groups is 1. The Morgan fingerprint density at radius 3 is 2.53 bits per heavy atom. The Morgan fingerprint density at radius 1 is 1.20 bits per heavy atom. The van der Waals surface area contributed by atoms with E-state index in [0.717, 1.165) is 21.0 Å². The molecule has 0 saturated carbocycles. The fourth-order valence-corrected chi connectivity index (χ4v) is 4.53. The number of benzene rings is 1. The molecule has 2 aromatic rings. The summed E-state index contributed by atoms with van der Waals surface area (Å²) in [5, 5.41) is 13.6. The molecule has 2 aliphatic rings. The zero-order valence-electron chi connectivity index (χ0n) is 16.2. The van der Waals surface area contributed by atoms with E-state index in [1.807, 2.05) is 4.90 Å². The summed E-state index contributed by atoms with van der Waals surface area (Å²) in [7, 11) is 0. The van der Waals surface area contributed by atoms with Gasteiger partial charge in [0.15, 0.2) is 5.71 Å². The number of aromatic nitrogens is 1.